The SMILES string of the molecule is Cc1ccc(CCc2ccc(CCc3ccc(C)c(Cl)c3)c(Cl)c2)c(Cl)c1. The molecule has 0 aliphatic carbocycles. The Morgan fingerprint density at radius 3 is 1.63 bits per heavy atom. The lowest BCUT2D eigenvalue weighted by atomic mass is 9.99. The number of rotatable bonds is 6. The smallest absolute Gasteiger partial charge is 0.0440 e. The number of hydrogen-bond acceptors (Lipinski definition) is 0. The van der Waals surface area contributed by atoms with Crippen molar-refractivity contribution in [3.05, 3.63) is 103 Å². The summed E-state index contributed by atoms with van der Waals surface area (Å²) in [4.78, 5) is 0. The fourth-order valence-electron chi connectivity index (χ4n) is 3.15. The Kier molecular flexibility index (Phi) is 6.87. The average Bonchev–Trinajstić information content (AvgIpc) is 2.63. The highest BCUT2D eigenvalue weighted by atomic mass is 35.5. The molecule has 3 rings (SSSR count). The van der Waals surface area contributed by atoms with Crippen molar-refractivity contribution in [2.45, 2.75) is 39.5 Å². The zero-order chi connectivity index (χ0) is 19.4. The third-order valence-electron chi connectivity index (χ3n) is 4.93. The number of aryl methyl sites for hydroxylation is 6. The molecule has 0 unspecified atom stereocenters. The Hall–Kier alpha value is -1.47. The van der Waals surface area contributed by atoms with Gasteiger partial charge in [-0.2, -0.15) is 0 Å². The molecule has 0 heterocycles. The van der Waals surface area contributed by atoms with Crippen LogP contribution in [-0.2, 0) is 25.7 Å². The quantitative estimate of drug-likeness (QED) is 0.383. The lowest BCUT2D eigenvalue weighted by Gasteiger charge is -2.09. The zero-order valence-corrected chi connectivity index (χ0v) is 17.9. The summed E-state index contributed by atoms with van der Waals surface area (Å²) in [7, 11) is 0. The Morgan fingerprint density at radius 1 is 0.556 bits per heavy atom. The van der Waals surface area contributed by atoms with E-state index in [4.69, 9.17) is 34.8 Å². The maximum absolute atomic E-state index is 6.53. The topological polar surface area (TPSA) is 0 Å². The summed E-state index contributed by atoms with van der Waals surface area (Å²) in [6.07, 6.45) is 3.67. The Labute approximate surface area is 177 Å². The summed E-state index contributed by atoms with van der Waals surface area (Å²) in [5.41, 5.74) is 7.12. The number of hydrogen-bond donors (Lipinski definition) is 0. The molecular weight excluding hydrogens is 395 g/mol. The van der Waals surface area contributed by atoms with Crippen molar-refractivity contribution in [1.82, 2.24) is 0 Å². The van der Waals surface area contributed by atoms with Crippen LogP contribution in [0.2, 0.25) is 15.1 Å². The van der Waals surface area contributed by atoms with Crippen LogP contribution in [0.15, 0.2) is 54.6 Å². The fraction of sp³-hybridized carbons (Fsp3) is 0.250. The molecule has 0 aliphatic rings. The molecule has 3 heteroatoms. The van der Waals surface area contributed by atoms with Gasteiger partial charge in [0.05, 0.1) is 0 Å². The normalized spacial score (nSPS) is 11.0. The van der Waals surface area contributed by atoms with Gasteiger partial charge in [0.2, 0.25) is 0 Å². The summed E-state index contributed by atoms with van der Waals surface area (Å²) in [5.74, 6) is 0. The van der Waals surface area contributed by atoms with Crippen LogP contribution in [0, 0.1) is 13.8 Å². The summed E-state index contributed by atoms with van der Waals surface area (Å²) in [5, 5.41) is 2.50. The molecule has 0 fully saturated rings. The molecule has 0 aromatic heterocycles. The van der Waals surface area contributed by atoms with Crippen LogP contribution in [-0.4, -0.2) is 0 Å². The molecule has 0 spiro atoms. The van der Waals surface area contributed by atoms with Crippen LogP contribution in [0.5, 0.6) is 0 Å². The Balaban J connectivity index is 1.62. The molecule has 0 atom stereocenters. The van der Waals surface area contributed by atoms with Gasteiger partial charge in [-0.1, -0.05) is 71.2 Å². The molecule has 0 nitrogen and oxygen atoms in total. The van der Waals surface area contributed by atoms with Gasteiger partial charge in [0.25, 0.3) is 0 Å². The molecule has 0 amide bonds. The summed E-state index contributed by atoms with van der Waals surface area (Å²) in [6.45, 7) is 4.07. The van der Waals surface area contributed by atoms with Gasteiger partial charge in [-0.15, -0.1) is 0 Å². The van der Waals surface area contributed by atoms with E-state index >= 15 is 0 Å². The van der Waals surface area contributed by atoms with E-state index in [-0.39, 0.29) is 0 Å². The van der Waals surface area contributed by atoms with E-state index < -0.39 is 0 Å². The first kappa shape index (κ1) is 20.3. The third-order valence-corrected chi connectivity index (χ3v) is 6.04. The van der Waals surface area contributed by atoms with Crippen LogP contribution in [0.1, 0.15) is 33.4 Å². The molecule has 0 saturated carbocycles. The van der Waals surface area contributed by atoms with Gasteiger partial charge in [-0.25, -0.2) is 0 Å². The minimum absolute atomic E-state index is 0.823. The Bertz CT molecular complexity index is 944. The minimum Gasteiger partial charge on any atom is -0.0840 e. The van der Waals surface area contributed by atoms with Crippen LogP contribution in [0.4, 0.5) is 0 Å². The molecule has 0 N–H and O–H groups in total. The highest BCUT2D eigenvalue weighted by molar-refractivity contribution is 6.32. The summed E-state index contributed by atoms with van der Waals surface area (Å²) in [6, 6.07) is 18.9. The maximum atomic E-state index is 6.53. The van der Waals surface area contributed by atoms with Gasteiger partial charge in [-0.3, -0.25) is 0 Å². The molecule has 3 aromatic carbocycles. The molecular formula is C24H23Cl3. The average molecular weight is 418 g/mol. The largest absolute Gasteiger partial charge is 0.0840 e. The van der Waals surface area contributed by atoms with Crippen molar-refractivity contribution in [3.63, 3.8) is 0 Å². The number of halogens is 3. The van der Waals surface area contributed by atoms with E-state index in [1.807, 2.05) is 19.1 Å². The van der Waals surface area contributed by atoms with Crippen molar-refractivity contribution in [2.24, 2.45) is 0 Å². The summed E-state index contributed by atoms with van der Waals surface area (Å²) >= 11 is 19.1. The van der Waals surface area contributed by atoms with E-state index in [1.54, 1.807) is 0 Å². The van der Waals surface area contributed by atoms with Gasteiger partial charge >= 0.3 is 0 Å². The highest BCUT2D eigenvalue weighted by Gasteiger charge is 2.06. The van der Waals surface area contributed by atoms with E-state index in [1.165, 1.54) is 27.8 Å². The van der Waals surface area contributed by atoms with E-state index in [0.717, 1.165) is 46.3 Å². The van der Waals surface area contributed by atoms with Gasteiger partial charge in [0.15, 0.2) is 0 Å². The monoisotopic (exact) mass is 416 g/mol. The zero-order valence-electron chi connectivity index (χ0n) is 15.7. The predicted octanol–water partition coefficient (Wildman–Crippen LogP) is 7.83. The van der Waals surface area contributed by atoms with Gasteiger partial charge in [-0.05, 0) is 91.1 Å². The van der Waals surface area contributed by atoms with E-state index in [0.29, 0.717) is 0 Å². The highest BCUT2D eigenvalue weighted by Crippen LogP contribution is 2.24. The third kappa shape index (κ3) is 5.51. The molecule has 3 aromatic rings. The summed E-state index contributed by atoms with van der Waals surface area (Å²) < 4.78 is 0. The van der Waals surface area contributed by atoms with Crippen LogP contribution in [0.25, 0.3) is 0 Å². The Morgan fingerprint density at radius 2 is 1.07 bits per heavy atom. The number of benzene rings is 3. The van der Waals surface area contributed by atoms with E-state index in [9.17, 15) is 0 Å². The molecule has 140 valence electrons. The second-order valence-electron chi connectivity index (χ2n) is 7.10. The van der Waals surface area contributed by atoms with Crippen molar-refractivity contribution < 1.29 is 0 Å². The standard InChI is InChI=1S/C24H23Cl3/c1-16-3-9-20(23(26)13-16)10-7-19-8-12-21(24(27)15-19)11-6-18-5-4-17(2)22(25)14-18/h3-5,8-9,12-15H,6-7,10-11H2,1-2H3. The van der Waals surface area contributed by atoms with Crippen molar-refractivity contribution >= 4 is 34.8 Å². The molecule has 0 bridgehead atoms. The first-order valence-corrected chi connectivity index (χ1v) is 10.3. The van der Waals surface area contributed by atoms with Crippen LogP contribution >= 0.6 is 34.8 Å². The van der Waals surface area contributed by atoms with Crippen molar-refractivity contribution in [1.29, 1.82) is 0 Å². The molecule has 0 radical (unpaired) electrons. The predicted molar refractivity (Wildman–Crippen MR) is 119 cm³/mol. The van der Waals surface area contributed by atoms with Gasteiger partial charge in [0.1, 0.15) is 0 Å². The first-order chi connectivity index (χ1) is 12.9. The van der Waals surface area contributed by atoms with Crippen LogP contribution in [0.3, 0.4) is 0 Å². The molecule has 27 heavy (non-hydrogen) atoms. The van der Waals surface area contributed by atoms with Crippen molar-refractivity contribution in [2.75, 3.05) is 0 Å². The molecule has 0 aliphatic heterocycles. The second-order valence-corrected chi connectivity index (χ2v) is 8.33. The second kappa shape index (κ2) is 9.15. The van der Waals surface area contributed by atoms with Gasteiger partial charge < -0.3 is 0 Å². The van der Waals surface area contributed by atoms with Crippen molar-refractivity contribution in [3.8, 4) is 0 Å². The lowest BCUT2D eigenvalue weighted by Crippen LogP contribution is -1.96. The lowest BCUT2D eigenvalue weighted by molar-refractivity contribution is 0.939. The first-order valence-electron chi connectivity index (χ1n) is 9.20. The fourth-order valence-corrected chi connectivity index (χ4v) is 3.98. The van der Waals surface area contributed by atoms with Crippen LogP contribution < -0.4 is 0 Å². The van der Waals surface area contributed by atoms with Gasteiger partial charge in [0, 0.05) is 15.1 Å². The minimum atomic E-state index is 0.823. The van der Waals surface area contributed by atoms with E-state index in [2.05, 4.69) is 49.4 Å². The molecule has 0 saturated heterocycles. The maximum Gasteiger partial charge on any atom is 0.0440 e.